The van der Waals surface area contributed by atoms with Gasteiger partial charge in [0.1, 0.15) is 0 Å². The number of guanidine groups is 1. The third-order valence-corrected chi connectivity index (χ3v) is 0.994. The fourth-order valence-corrected chi connectivity index (χ4v) is 0.544. The number of tetrazole rings is 1. The van der Waals surface area contributed by atoms with Crippen LogP contribution in [0.5, 0.6) is 0 Å². The zero-order chi connectivity index (χ0) is 9.10. The highest BCUT2D eigenvalue weighted by molar-refractivity contribution is 5.81. The van der Waals surface area contributed by atoms with Gasteiger partial charge in [-0.2, -0.15) is 5.21 Å². The van der Waals surface area contributed by atoms with Crippen molar-refractivity contribution in [2.45, 2.75) is 0 Å². The molecular weight excluding hydrogens is 180 g/mol. The number of aromatic amines is 1. The van der Waals surface area contributed by atoms with Gasteiger partial charge in [-0.1, -0.05) is 15.3 Å². The average molecular weight is 181 g/mol. The molecule has 1 aromatic rings. The maximum atomic E-state index is 11.0. The first kappa shape index (κ1) is 7.35. The van der Waals surface area contributed by atoms with E-state index < -0.39 is 0 Å². The molecule has 0 saturated carbocycles. The van der Waals surface area contributed by atoms with Crippen molar-refractivity contribution in [3.05, 3.63) is 5.21 Å². The number of anilines is 1. The second kappa shape index (κ2) is 2.98. The van der Waals surface area contributed by atoms with Crippen LogP contribution in [0.15, 0.2) is 25.8 Å². The molecule has 11 nitrogen and oxygen atoms in total. The van der Waals surface area contributed by atoms with Crippen LogP contribution in [0.25, 0.3) is 0 Å². The molecule has 2 heterocycles. The SMILES string of the molecule is [O-]N(N=C1N=NN=N1)c1nn[nH]n1. The van der Waals surface area contributed by atoms with Crippen molar-refractivity contribution < 1.29 is 0 Å². The van der Waals surface area contributed by atoms with Crippen molar-refractivity contribution >= 4 is 11.9 Å². The van der Waals surface area contributed by atoms with E-state index >= 15 is 0 Å². The zero-order valence-electron chi connectivity index (χ0n) is 5.93. The molecule has 0 radical (unpaired) electrons. The number of aromatic nitrogens is 4. The van der Waals surface area contributed by atoms with Crippen molar-refractivity contribution in [3.63, 3.8) is 0 Å². The maximum absolute atomic E-state index is 11.0. The molecule has 1 aromatic heterocycles. The van der Waals surface area contributed by atoms with E-state index in [1.165, 1.54) is 0 Å². The van der Waals surface area contributed by atoms with Gasteiger partial charge in [0.2, 0.25) is 0 Å². The van der Waals surface area contributed by atoms with Crippen LogP contribution in [0, 0.1) is 5.21 Å². The molecule has 0 fully saturated rings. The van der Waals surface area contributed by atoms with E-state index in [4.69, 9.17) is 0 Å². The molecule has 0 atom stereocenters. The van der Waals surface area contributed by atoms with Crippen molar-refractivity contribution in [1.82, 2.24) is 20.6 Å². The van der Waals surface area contributed by atoms with Crippen molar-refractivity contribution in [3.8, 4) is 0 Å². The fraction of sp³-hybridized carbons (Fsp3) is 0. The Balaban J connectivity index is 2.15. The van der Waals surface area contributed by atoms with E-state index in [1.807, 2.05) is 0 Å². The monoisotopic (exact) mass is 181 g/mol. The summed E-state index contributed by atoms with van der Waals surface area (Å²) in [5.74, 6) is -0.412. The molecule has 11 heteroatoms. The van der Waals surface area contributed by atoms with Gasteiger partial charge in [0.25, 0.3) is 5.95 Å². The summed E-state index contributed by atoms with van der Waals surface area (Å²) in [4.78, 5) is 0. The van der Waals surface area contributed by atoms with Crippen LogP contribution in [0.4, 0.5) is 5.95 Å². The van der Waals surface area contributed by atoms with Crippen LogP contribution in [-0.4, -0.2) is 26.6 Å². The summed E-state index contributed by atoms with van der Waals surface area (Å²) >= 11 is 0. The third kappa shape index (κ3) is 1.48. The number of hydrogen-bond acceptors (Lipinski definition) is 8. The molecule has 0 aliphatic carbocycles. The number of rotatable bonds is 2. The molecule has 0 bridgehead atoms. The van der Waals surface area contributed by atoms with Gasteiger partial charge < -0.3 is 5.21 Å². The first-order valence-electron chi connectivity index (χ1n) is 2.97. The highest BCUT2D eigenvalue weighted by atomic mass is 16.5. The summed E-state index contributed by atoms with van der Waals surface area (Å²) in [6, 6.07) is 0. The Morgan fingerprint density at radius 2 is 2.08 bits per heavy atom. The summed E-state index contributed by atoms with van der Waals surface area (Å²) in [7, 11) is 0. The summed E-state index contributed by atoms with van der Waals surface area (Å²) in [5, 5.41) is 39.2. The molecule has 0 unspecified atom stereocenters. The molecule has 0 aromatic carbocycles. The minimum absolute atomic E-state index is 0.0994. The predicted molar refractivity (Wildman–Crippen MR) is 37.2 cm³/mol. The molecular formula is C2HN10O-. The normalized spacial score (nSPS) is 13.8. The van der Waals surface area contributed by atoms with Crippen LogP contribution >= 0.6 is 0 Å². The van der Waals surface area contributed by atoms with Crippen molar-refractivity contribution in [2.24, 2.45) is 25.8 Å². The third-order valence-electron chi connectivity index (χ3n) is 0.994. The molecule has 2 rings (SSSR count). The number of hydrazone groups is 1. The Morgan fingerprint density at radius 1 is 1.31 bits per heavy atom. The van der Waals surface area contributed by atoms with Gasteiger partial charge in [-0.05, 0) is 15.7 Å². The van der Waals surface area contributed by atoms with Crippen LogP contribution in [0.1, 0.15) is 0 Å². The largest absolute Gasteiger partial charge is 0.735 e. The second-order valence-electron chi connectivity index (χ2n) is 1.76. The topological polar surface area (TPSA) is 143 Å². The molecule has 1 aliphatic heterocycles. The lowest BCUT2D eigenvalue weighted by molar-refractivity contribution is 0.881. The Morgan fingerprint density at radius 3 is 2.69 bits per heavy atom. The minimum atomic E-state index is -0.246. The van der Waals surface area contributed by atoms with Crippen LogP contribution in [0.3, 0.4) is 0 Å². The van der Waals surface area contributed by atoms with Gasteiger partial charge in [0, 0.05) is 0 Å². The summed E-state index contributed by atoms with van der Waals surface area (Å²) in [5.41, 5.74) is 0. The number of H-pyrrole nitrogens is 1. The zero-order valence-corrected chi connectivity index (χ0v) is 5.93. The van der Waals surface area contributed by atoms with Gasteiger partial charge in [-0.15, -0.1) is 10.2 Å². The van der Waals surface area contributed by atoms with Gasteiger partial charge in [-0.25, -0.2) is 0 Å². The number of nitrogens with zero attached hydrogens (tertiary/aromatic N) is 9. The fourth-order valence-electron chi connectivity index (χ4n) is 0.544. The second-order valence-corrected chi connectivity index (χ2v) is 1.76. The Hall–Kier alpha value is -2.30. The van der Waals surface area contributed by atoms with E-state index in [0.717, 1.165) is 0 Å². The van der Waals surface area contributed by atoms with Crippen LogP contribution < -0.4 is 5.17 Å². The van der Waals surface area contributed by atoms with Gasteiger partial charge >= 0.3 is 5.96 Å². The smallest absolute Gasteiger partial charge is 0.307 e. The van der Waals surface area contributed by atoms with Gasteiger partial charge in [0.15, 0.2) is 0 Å². The first-order chi connectivity index (χ1) is 6.36. The minimum Gasteiger partial charge on any atom is -0.735 e. The Labute approximate surface area is 69.8 Å². The lowest BCUT2D eigenvalue weighted by Crippen LogP contribution is -2.10. The van der Waals surface area contributed by atoms with E-state index in [1.54, 1.807) is 0 Å². The lowest BCUT2D eigenvalue weighted by Gasteiger charge is -2.17. The lowest BCUT2D eigenvalue weighted by atomic mass is 11.0. The maximum Gasteiger partial charge on any atom is 0.307 e. The average Bonchev–Trinajstić information content (AvgIpc) is 2.74. The summed E-state index contributed by atoms with van der Waals surface area (Å²) in [6.45, 7) is 0. The highest BCUT2D eigenvalue weighted by Crippen LogP contribution is 2.04. The van der Waals surface area contributed by atoms with E-state index in [9.17, 15) is 5.21 Å². The van der Waals surface area contributed by atoms with Crippen molar-refractivity contribution in [1.29, 1.82) is 0 Å². The Kier molecular flexibility index (Phi) is 1.69. The molecule has 0 saturated heterocycles. The molecule has 1 N–H and O–H groups in total. The van der Waals surface area contributed by atoms with Crippen molar-refractivity contribution in [2.75, 3.05) is 5.17 Å². The summed E-state index contributed by atoms with van der Waals surface area (Å²) in [6.07, 6.45) is 0. The molecule has 0 amide bonds. The highest BCUT2D eigenvalue weighted by Gasteiger charge is 2.03. The van der Waals surface area contributed by atoms with Crippen LogP contribution in [0.2, 0.25) is 0 Å². The predicted octanol–water partition coefficient (Wildman–Crippen LogP) is -0.392. The standard InChI is InChI=1S/C2HN10O/c13-12(2-5-10-11-6-2)7-1-3-8-9-4-1/h(H,5,6,10,11)/q-1. The van der Waals surface area contributed by atoms with E-state index in [-0.39, 0.29) is 17.1 Å². The molecule has 13 heavy (non-hydrogen) atoms. The number of nitrogens with one attached hydrogen (secondary N) is 1. The van der Waals surface area contributed by atoms with E-state index in [0.29, 0.717) is 0 Å². The summed E-state index contributed by atoms with van der Waals surface area (Å²) < 4.78 is 0. The van der Waals surface area contributed by atoms with E-state index in [2.05, 4.69) is 46.4 Å². The first-order valence-corrected chi connectivity index (χ1v) is 2.97. The molecule has 66 valence electrons. The molecule has 0 spiro atoms. The number of hydrogen-bond donors (Lipinski definition) is 1. The van der Waals surface area contributed by atoms with Gasteiger partial charge in [-0.3, -0.25) is 5.17 Å². The quantitative estimate of drug-likeness (QED) is 0.617. The van der Waals surface area contributed by atoms with Crippen LogP contribution in [-0.2, 0) is 0 Å². The Bertz CT molecular complexity index is 346. The molecule has 1 aliphatic rings. The van der Waals surface area contributed by atoms with Gasteiger partial charge in [0.05, 0.1) is 0 Å².